The van der Waals surface area contributed by atoms with Crippen LogP contribution >= 0.6 is 11.3 Å². The van der Waals surface area contributed by atoms with Crippen molar-refractivity contribution < 1.29 is 14.3 Å². The van der Waals surface area contributed by atoms with E-state index in [1.54, 1.807) is 35.6 Å². The summed E-state index contributed by atoms with van der Waals surface area (Å²) in [5.41, 5.74) is 1.31. The van der Waals surface area contributed by atoms with E-state index in [2.05, 4.69) is 0 Å². The quantitative estimate of drug-likeness (QED) is 0.406. The Balaban J connectivity index is 1.95. The maximum absolute atomic E-state index is 13.8. The summed E-state index contributed by atoms with van der Waals surface area (Å²) in [5, 5.41) is 0.621. The summed E-state index contributed by atoms with van der Waals surface area (Å²) < 4.78 is 6.34. The molecule has 0 amide bonds. The first-order valence-corrected chi connectivity index (χ1v) is 11.6. The zero-order valence-corrected chi connectivity index (χ0v) is 18.7. The Bertz CT molecular complexity index is 1180. The van der Waals surface area contributed by atoms with Crippen LogP contribution in [0.2, 0.25) is 0 Å². The summed E-state index contributed by atoms with van der Waals surface area (Å²) in [6.45, 7) is 2.01. The SMILES string of the molecule is CCCc1nc2sc3c(c2c(=O)n1C(CC(=O)OC)C(=O)c1ccccc1)CCCC3. The van der Waals surface area contributed by atoms with Gasteiger partial charge in [0.2, 0.25) is 0 Å². The molecule has 1 aliphatic carbocycles. The minimum absolute atomic E-state index is 0.208. The zero-order valence-electron chi connectivity index (χ0n) is 17.8. The van der Waals surface area contributed by atoms with E-state index < -0.39 is 12.0 Å². The van der Waals surface area contributed by atoms with Crippen LogP contribution in [0.3, 0.4) is 0 Å². The first-order valence-electron chi connectivity index (χ1n) is 10.8. The standard InChI is InChI=1S/C24H26N2O4S/c1-3-9-19-25-23-21(16-12-7-8-13-18(16)31-23)24(29)26(19)17(14-20(27)30-2)22(28)15-10-5-4-6-11-15/h4-6,10-11,17H,3,7-9,12-14H2,1-2H3. The van der Waals surface area contributed by atoms with Gasteiger partial charge in [0.1, 0.15) is 16.7 Å². The van der Waals surface area contributed by atoms with E-state index in [0.717, 1.165) is 42.5 Å². The molecule has 1 aliphatic rings. The zero-order chi connectivity index (χ0) is 22.0. The van der Waals surface area contributed by atoms with E-state index in [4.69, 9.17) is 9.72 Å². The highest BCUT2D eigenvalue weighted by Crippen LogP contribution is 2.34. The Labute approximate surface area is 184 Å². The number of nitrogens with zero attached hydrogens (tertiary/aromatic N) is 2. The van der Waals surface area contributed by atoms with Crippen LogP contribution < -0.4 is 5.56 Å². The predicted molar refractivity (Wildman–Crippen MR) is 121 cm³/mol. The predicted octanol–water partition coefficient (Wildman–Crippen LogP) is 4.28. The normalized spacial score (nSPS) is 14.3. The van der Waals surface area contributed by atoms with Gasteiger partial charge in [-0.25, -0.2) is 4.98 Å². The van der Waals surface area contributed by atoms with Crippen LogP contribution in [0.1, 0.15) is 65.3 Å². The number of fused-ring (bicyclic) bond motifs is 3. The van der Waals surface area contributed by atoms with Crippen LogP contribution in [-0.4, -0.2) is 28.4 Å². The molecule has 1 atom stereocenters. The van der Waals surface area contributed by atoms with Crippen molar-refractivity contribution in [3.8, 4) is 0 Å². The topological polar surface area (TPSA) is 78.3 Å². The summed E-state index contributed by atoms with van der Waals surface area (Å²) in [6, 6.07) is 7.79. The number of Topliss-reactive ketones (excluding diaryl/α,β-unsaturated/α-hetero) is 1. The van der Waals surface area contributed by atoms with Gasteiger partial charge in [-0.05, 0) is 37.7 Å². The van der Waals surface area contributed by atoms with Crippen molar-refractivity contribution in [3.05, 3.63) is 62.5 Å². The second-order valence-electron chi connectivity index (χ2n) is 7.87. The molecular formula is C24H26N2O4S. The molecule has 0 saturated heterocycles. The summed E-state index contributed by atoms with van der Waals surface area (Å²) in [7, 11) is 1.29. The van der Waals surface area contributed by atoms with Crippen LogP contribution in [0.5, 0.6) is 0 Å². The van der Waals surface area contributed by atoms with E-state index in [0.29, 0.717) is 23.2 Å². The lowest BCUT2D eigenvalue weighted by molar-refractivity contribution is -0.141. The van der Waals surface area contributed by atoms with Crippen molar-refractivity contribution in [2.24, 2.45) is 0 Å². The van der Waals surface area contributed by atoms with Crippen LogP contribution in [0, 0.1) is 0 Å². The monoisotopic (exact) mass is 438 g/mol. The molecule has 162 valence electrons. The number of carbonyl (C=O) groups is 2. The van der Waals surface area contributed by atoms with Crippen LogP contribution in [0.4, 0.5) is 0 Å². The van der Waals surface area contributed by atoms with E-state index in [1.165, 1.54) is 16.6 Å². The lowest BCUT2D eigenvalue weighted by Crippen LogP contribution is -2.35. The average molecular weight is 439 g/mol. The molecule has 0 fully saturated rings. The van der Waals surface area contributed by atoms with Crippen LogP contribution in [0.15, 0.2) is 35.1 Å². The molecule has 0 aliphatic heterocycles. The summed E-state index contributed by atoms with van der Waals surface area (Å²) >= 11 is 1.60. The van der Waals surface area contributed by atoms with Crippen molar-refractivity contribution in [1.29, 1.82) is 0 Å². The lowest BCUT2D eigenvalue weighted by Gasteiger charge is -2.21. The maximum Gasteiger partial charge on any atom is 0.308 e. The number of ketones is 1. The van der Waals surface area contributed by atoms with Gasteiger partial charge < -0.3 is 4.74 Å². The third kappa shape index (κ3) is 4.06. The summed E-state index contributed by atoms with van der Waals surface area (Å²) in [4.78, 5) is 46.4. The molecule has 0 N–H and O–H groups in total. The van der Waals surface area contributed by atoms with Gasteiger partial charge in [0.05, 0.1) is 18.9 Å². The van der Waals surface area contributed by atoms with Crippen molar-refractivity contribution in [2.45, 2.75) is 57.9 Å². The molecule has 7 heteroatoms. The number of carbonyl (C=O) groups excluding carboxylic acids is 2. The molecule has 2 aromatic heterocycles. The molecule has 3 aromatic rings. The van der Waals surface area contributed by atoms with Crippen molar-refractivity contribution in [1.82, 2.24) is 9.55 Å². The number of aromatic nitrogens is 2. The van der Waals surface area contributed by atoms with Gasteiger partial charge >= 0.3 is 5.97 Å². The number of hydrogen-bond acceptors (Lipinski definition) is 6. The van der Waals surface area contributed by atoms with Crippen molar-refractivity contribution in [3.63, 3.8) is 0 Å². The lowest BCUT2D eigenvalue weighted by atomic mass is 9.96. The first-order chi connectivity index (χ1) is 15.0. The third-order valence-electron chi connectivity index (χ3n) is 5.83. The fourth-order valence-corrected chi connectivity index (χ4v) is 5.59. The first kappa shape index (κ1) is 21.4. The molecule has 6 nitrogen and oxygen atoms in total. The van der Waals surface area contributed by atoms with Gasteiger partial charge in [0, 0.05) is 16.9 Å². The van der Waals surface area contributed by atoms with Crippen molar-refractivity contribution >= 4 is 33.3 Å². The van der Waals surface area contributed by atoms with E-state index in [9.17, 15) is 14.4 Å². The molecule has 0 spiro atoms. The molecule has 0 bridgehead atoms. The molecular weight excluding hydrogens is 412 g/mol. The van der Waals surface area contributed by atoms with Crippen LogP contribution in [-0.2, 0) is 28.8 Å². The van der Waals surface area contributed by atoms with Crippen LogP contribution in [0.25, 0.3) is 10.2 Å². The second kappa shape index (κ2) is 9.14. The number of methoxy groups -OCH3 is 1. The minimum atomic E-state index is -0.986. The number of rotatable bonds is 7. The fraction of sp³-hybridized carbons (Fsp3) is 0.417. The van der Waals surface area contributed by atoms with Gasteiger partial charge in [0.15, 0.2) is 5.78 Å². The molecule has 1 aromatic carbocycles. The largest absolute Gasteiger partial charge is 0.469 e. The van der Waals surface area contributed by atoms with Crippen molar-refractivity contribution in [2.75, 3.05) is 7.11 Å². The summed E-state index contributed by atoms with van der Waals surface area (Å²) in [5.74, 6) is -0.261. The van der Waals surface area contributed by atoms with E-state index in [-0.39, 0.29) is 17.8 Å². The smallest absolute Gasteiger partial charge is 0.308 e. The third-order valence-corrected chi connectivity index (χ3v) is 7.01. The Morgan fingerprint density at radius 3 is 2.65 bits per heavy atom. The number of benzene rings is 1. The highest BCUT2D eigenvalue weighted by atomic mass is 32.1. The van der Waals surface area contributed by atoms with Gasteiger partial charge in [-0.2, -0.15) is 0 Å². The van der Waals surface area contributed by atoms with E-state index >= 15 is 0 Å². The Hall–Kier alpha value is -2.80. The highest BCUT2D eigenvalue weighted by molar-refractivity contribution is 7.18. The molecule has 1 unspecified atom stereocenters. The minimum Gasteiger partial charge on any atom is -0.469 e. The molecule has 4 rings (SSSR count). The number of esters is 1. The molecule has 0 radical (unpaired) electrons. The Kier molecular flexibility index (Phi) is 6.32. The van der Waals surface area contributed by atoms with Gasteiger partial charge in [-0.3, -0.25) is 19.0 Å². The average Bonchev–Trinajstić information content (AvgIpc) is 3.17. The number of thiophene rings is 1. The number of ether oxygens (including phenoxy) is 1. The Morgan fingerprint density at radius 2 is 1.94 bits per heavy atom. The maximum atomic E-state index is 13.8. The van der Waals surface area contributed by atoms with Gasteiger partial charge in [0.25, 0.3) is 5.56 Å². The number of hydrogen-bond donors (Lipinski definition) is 0. The number of aryl methyl sites for hydroxylation is 3. The van der Waals surface area contributed by atoms with Gasteiger partial charge in [-0.1, -0.05) is 37.3 Å². The molecule has 2 heterocycles. The second-order valence-corrected chi connectivity index (χ2v) is 8.95. The van der Waals surface area contributed by atoms with E-state index in [1.807, 2.05) is 13.0 Å². The molecule has 31 heavy (non-hydrogen) atoms. The fourth-order valence-electron chi connectivity index (χ4n) is 4.32. The summed E-state index contributed by atoms with van der Waals surface area (Å²) in [6.07, 6.45) is 5.10. The molecule has 0 saturated carbocycles. The Morgan fingerprint density at radius 1 is 1.19 bits per heavy atom. The van der Waals surface area contributed by atoms with Gasteiger partial charge in [-0.15, -0.1) is 11.3 Å². The highest BCUT2D eigenvalue weighted by Gasteiger charge is 2.31.